The predicted molar refractivity (Wildman–Crippen MR) is 107 cm³/mol. The molecule has 3 aromatic rings. The van der Waals surface area contributed by atoms with Crippen LogP contribution >= 0.6 is 11.3 Å². The Morgan fingerprint density at radius 2 is 1.39 bits per heavy atom. The summed E-state index contributed by atoms with van der Waals surface area (Å²) < 4.78 is 49.8. The van der Waals surface area contributed by atoms with Gasteiger partial charge in [0.2, 0.25) is 10.0 Å². The molecule has 0 aliphatic rings. The molecule has 4 N–H and O–H groups in total. The Labute approximate surface area is 166 Å². The largest absolute Gasteiger partial charge is 0.321 e. The van der Waals surface area contributed by atoms with Crippen LogP contribution in [0.25, 0.3) is 0 Å². The molecule has 8 nitrogen and oxygen atoms in total. The van der Waals surface area contributed by atoms with Gasteiger partial charge < -0.3 is 5.32 Å². The van der Waals surface area contributed by atoms with Gasteiger partial charge in [-0.25, -0.2) is 22.0 Å². The van der Waals surface area contributed by atoms with Gasteiger partial charge in [0.1, 0.15) is 0 Å². The average Bonchev–Trinajstić information content (AvgIpc) is 3.16. The van der Waals surface area contributed by atoms with E-state index in [2.05, 4.69) is 10.0 Å². The number of rotatable bonds is 6. The van der Waals surface area contributed by atoms with Crippen molar-refractivity contribution in [2.75, 3.05) is 10.0 Å². The Kier molecular flexibility index (Phi) is 5.52. The van der Waals surface area contributed by atoms with Crippen molar-refractivity contribution in [3.8, 4) is 0 Å². The summed E-state index contributed by atoms with van der Waals surface area (Å²) in [5.74, 6) is -0.279. The van der Waals surface area contributed by atoms with E-state index in [1.54, 1.807) is 17.5 Å². The lowest BCUT2D eigenvalue weighted by molar-refractivity contribution is 0.103. The molecule has 0 bridgehead atoms. The molecule has 1 aromatic heterocycles. The van der Waals surface area contributed by atoms with Crippen LogP contribution in [-0.2, 0) is 20.0 Å². The number of benzene rings is 2. The van der Waals surface area contributed by atoms with Crippen molar-refractivity contribution < 1.29 is 21.6 Å². The standard InChI is InChI=1S/C17H15N3O5S3/c18-27(22,23)14-7-5-13(6-8-14)20-28(24,25)15-9-3-12(4-10-15)19-17(21)16-2-1-11-26-16/h1-11,20H,(H,19,21)(H2,18,22,23). The van der Waals surface area contributed by atoms with Gasteiger partial charge >= 0.3 is 0 Å². The molecule has 0 unspecified atom stereocenters. The number of carbonyl (C=O) groups is 1. The fourth-order valence-electron chi connectivity index (χ4n) is 2.24. The van der Waals surface area contributed by atoms with Crippen LogP contribution < -0.4 is 15.2 Å². The molecule has 0 saturated carbocycles. The molecule has 0 aliphatic heterocycles. The maximum Gasteiger partial charge on any atom is 0.265 e. The summed E-state index contributed by atoms with van der Waals surface area (Å²) in [5.41, 5.74) is 0.636. The molecule has 1 amide bonds. The SMILES string of the molecule is NS(=O)(=O)c1ccc(NS(=O)(=O)c2ccc(NC(=O)c3cccs3)cc2)cc1. The monoisotopic (exact) mass is 437 g/mol. The Balaban J connectivity index is 1.72. The summed E-state index contributed by atoms with van der Waals surface area (Å²) in [4.78, 5) is 12.4. The molecular weight excluding hydrogens is 422 g/mol. The first-order valence-corrected chi connectivity index (χ1v) is 11.7. The third kappa shape index (κ3) is 4.75. The number of thiophene rings is 1. The Bertz CT molecular complexity index is 1190. The number of hydrogen-bond acceptors (Lipinski definition) is 6. The average molecular weight is 438 g/mol. The quantitative estimate of drug-likeness (QED) is 0.544. The number of primary sulfonamides is 1. The molecule has 0 spiro atoms. The van der Waals surface area contributed by atoms with E-state index in [1.807, 2.05) is 0 Å². The summed E-state index contributed by atoms with van der Waals surface area (Å²) >= 11 is 1.30. The van der Waals surface area contributed by atoms with Crippen LogP contribution in [0.2, 0.25) is 0 Å². The number of nitrogens with two attached hydrogens (primary N) is 1. The zero-order chi connectivity index (χ0) is 20.4. The van der Waals surface area contributed by atoms with Gasteiger partial charge in [0.05, 0.1) is 14.7 Å². The summed E-state index contributed by atoms with van der Waals surface area (Å²) in [6, 6.07) is 14.1. The highest BCUT2D eigenvalue weighted by atomic mass is 32.2. The highest BCUT2D eigenvalue weighted by Gasteiger charge is 2.15. The van der Waals surface area contributed by atoms with Crippen LogP contribution in [0, 0.1) is 0 Å². The van der Waals surface area contributed by atoms with Gasteiger partial charge in [-0.05, 0) is 60.0 Å². The van der Waals surface area contributed by atoms with E-state index in [0.29, 0.717) is 10.6 Å². The first-order valence-electron chi connectivity index (χ1n) is 7.76. The molecule has 28 heavy (non-hydrogen) atoms. The zero-order valence-electron chi connectivity index (χ0n) is 14.2. The molecule has 0 aliphatic carbocycles. The molecule has 0 fully saturated rings. The van der Waals surface area contributed by atoms with Crippen LogP contribution in [0.15, 0.2) is 75.8 Å². The second kappa shape index (κ2) is 7.72. The van der Waals surface area contributed by atoms with Crippen molar-refractivity contribution in [3.05, 3.63) is 70.9 Å². The second-order valence-electron chi connectivity index (χ2n) is 5.63. The van der Waals surface area contributed by atoms with E-state index >= 15 is 0 Å². The van der Waals surface area contributed by atoms with E-state index in [0.717, 1.165) is 0 Å². The van der Waals surface area contributed by atoms with Gasteiger partial charge in [-0.3, -0.25) is 9.52 Å². The van der Waals surface area contributed by atoms with Crippen molar-refractivity contribution >= 4 is 48.7 Å². The number of amides is 1. The van der Waals surface area contributed by atoms with Gasteiger partial charge in [-0.15, -0.1) is 11.3 Å². The van der Waals surface area contributed by atoms with Gasteiger partial charge in [-0.1, -0.05) is 6.07 Å². The maximum atomic E-state index is 12.5. The molecule has 2 aromatic carbocycles. The minimum absolute atomic E-state index is 0.0165. The number of nitrogens with one attached hydrogen (secondary N) is 2. The van der Waals surface area contributed by atoms with Gasteiger partial charge in [0, 0.05) is 11.4 Å². The van der Waals surface area contributed by atoms with Crippen LogP contribution in [-0.4, -0.2) is 22.7 Å². The van der Waals surface area contributed by atoms with Crippen LogP contribution in [0.1, 0.15) is 9.67 Å². The first-order chi connectivity index (χ1) is 13.1. The minimum atomic E-state index is -3.89. The topological polar surface area (TPSA) is 135 Å². The Morgan fingerprint density at radius 1 is 0.821 bits per heavy atom. The zero-order valence-corrected chi connectivity index (χ0v) is 16.6. The number of anilines is 2. The van der Waals surface area contributed by atoms with Crippen LogP contribution in [0.5, 0.6) is 0 Å². The number of sulfonamides is 2. The Morgan fingerprint density at radius 3 is 1.93 bits per heavy atom. The van der Waals surface area contributed by atoms with E-state index in [-0.39, 0.29) is 21.4 Å². The molecule has 146 valence electrons. The second-order valence-corrected chi connectivity index (χ2v) is 9.82. The van der Waals surface area contributed by atoms with Crippen molar-refractivity contribution in [2.45, 2.75) is 9.79 Å². The van der Waals surface area contributed by atoms with E-state index < -0.39 is 20.0 Å². The third-order valence-electron chi connectivity index (χ3n) is 3.60. The lowest BCUT2D eigenvalue weighted by Crippen LogP contribution is -2.14. The molecule has 3 rings (SSSR count). The lowest BCUT2D eigenvalue weighted by Gasteiger charge is -2.10. The lowest BCUT2D eigenvalue weighted by atomic mass is 10.3. The van der Waals surface area contributed by atoms with Crippen molar-refractivity contribution in [3.63, 3.8) is 0 Å². The summed E-state index contributed by atoms with van der Waals surface area (Å²) in [6.45, 7) is 0. The summed E-state index contributed by atoms with van der Waals surface area (Å²) in [7, 11) is -7.75. The van der Waals surface area contributed by atoms with E-state index in [1.165, 1.54) is 59.9 Å². The number of hydrogen-bond donors (Lipinski definition) is 3. The number of carbonyl (C=O) groups excluding carboxylic acids is 1. The van der Waals surface area contributed by atoms with Gasteiger partial charge in [0.25, 0.3) is 15.9 Å². The molecule has 1 heterocycles. The van der Waals surface area contributed by atoms with E-state index in [4.69, 9.17) is 5.14 Å². The molecule has 0 atom stereocenters. The maximum absolute atomic E-state index is 12.5. The van der Waals surface area contributed by atoms with Gasteiger partial charge in [-0.2, -0.15) is 0 Å². The molecular formula is C17H15N3O5S3. The third-order valence-corrected chi connectivity index (χ3v) is 6.80. The van der Waals surface area contributed by atoms with Crippen LogP contribution in [0.3, 0.4) is 0 Å². The van der Waals surface area contributed by atoms with Crippen molar-refractivity contribution in [2.24, 2.45) is 5.14 Å². The molecule has 0 saturated heterocycles. The smallest absolute Gasteiger partial charge is 0.265 e. The van der Waals surface area contributed by atoms with Crippen molar-refractivity contribution in [1.82, 2.24) is 0 Å². The predicted octanol–water partition coefficient (Wildman–Crippen LogP) is 2.45. The van der Waals surface area contributed by atoms with Gasteiger partial charge in [0.15, 0.2) is 0 Å². The molecule has 0 radical (unpaired) electrons. The fraction of sp³-hybridized carbons (Fsp3) is 0. The highest BCUT2D eigenvalue weighted by Crippen LogP contribution is 2.20. The highest BCUT2D eigenvalue weighted by molar-refractivity contribution is 7.92. The summed E-state index contributed by atoms with van der Waals surface area (Å²) in [5, 5.41) is 9.47. The Hall–Kier alpha value is -2.73. The molecule has 11 heteroatoms. The minimum Gasteiger partial charge on any atom is -0.321 e. The van der Waals surface area contributed by atoms with E-state index in [9.17, 15) is 21.6 Å². The first kappa shape index (κ1) is 20.0. The van der Waals surface area contributed by atoms with Crippen molar-refractivity contribution in [1.29, 1.82) is 0 Å². The fourth-order valence-corrected chi connectivity index (χ4v) is 4.44. The van der Waals surface area contributed by atoms with Crippen LogP contribution in [0.4, 0.5) is 11.4 Å². The normalized spacial score (nSPS) is 11.8. The summed E-state index contributed by atoms with van der Waals surface area (Å²) in [6.07, 6.45) is 0.